The molecule has 0 saturated heterocycles. The maximum Gasteiger partial charge on any atom is 0.223 e. The average molecular weight is 208 g/mol. The summed E-state index contributed by atoms with van der Waals surface area (Å²) < 4.78 is 10.7. The fourth-order valence-corrected chi connectivity index (χ4v) is 0.718. The van der Waals surface area contributed by atoms with Crippen LogP contribution in [0.15, 0.2) is 25.3 Å². The van der Waals surface area contributed by atoms with Crippen molar-refractivity contribution in [2.75, 3.05) is 13.2 Å². The van der Waals surface area contributed by atoms with Crippen LogP contribution < -0.4 is 0 Å². The fourth-order valence-electron chi connectivity index (χ4n) is 0.718. The Hall–Kier alpha value is -1.04. The molecular weight excluding hydrogens is 188 g/mol. The minimum absolute atomic E-state index is 0.0483. The van der Waals surface area contributed by atoms with E-state index in [1.807, 2.05) is 20.8 Å². The molecule has 0 unspecified atom stereocenters. The zero-order chi connectivity index (χ0) is 11.7. The third kappa shape index (κ3) is 9.27. The summed E-state index contributed by atoms with van der Waals surface area (Å²) in [4.78, 5) is 0. The summed E-state index contributed by atoms with van der Waals surface area (Å²) in [5.41, 5.74) is -0.0483. The minimum atomic E-state index is -0.500. The number of hydrogen-bond donors (Lipinski definition) is 0. The van der Waals surface area contributed by atoms with Crippen LogP contribution in [0.25, 0.3) is 0 Å². The van der Waals surface area contributed by atoms with E-state index in [1.54, 1.807) is 12.2 Å². The summed E-state index contributed by atoms with van der Waals surface area (Å²) in [5.74, 6) is 6.01. The SMILES string of the molecule is C=CCOC(C#CC(C)(C)C)OCC=C. The van der Waals surface area contributed by atoms with Crippen LogP contribution in [-0.2, 0) is 9.47 Å². The lowest BCUT2D eigenvalue weighted by Gasteiger charge is -2.12. The molecule has 2 heteroatoms. The normalized spacial score (nSPS) is 10.7. The van der Waals surface area contributed by atoms with Gasteiger partial charge in [0.2, 0.25) is 6.29 Å². The van der Waals surface area contributed by atoms with Gasteiger partial charge in [-0.1, -0.05) is 18.1 Å². The van der Waals surface area contributed by atoms with E-state index in [4.69, 9.17) is 9.47 Å². The minimum Gasteiger partial charge on any atom is -0.338 e. The molecule has 0 aromatic heterocycles. The van der Waals surface area contributed by atoms with Crippen molar-refractivity contribution in [2.24, 2.45) is 5.41 Å². The molecule has 0 amide bonds. The fraction of sp³-hybridized carbons (Fsp3) is 0.538. The van der Waals surface area contributed by atoms with Gasteiger partial charge in [0.1, 0.15) is 0 Å². The van der Waals surface area contributed by atoms with Crippen molar-refractivity contribution in [1.82, 2.24) is 0 Å². The Morgan fingerprint density at radius 1 is 1.13 bits per heavy atom. The summed E-state index contributed by atoms with van der Waals surface area (Å²) >= 11 is 0. The monoisotopic (exact) mass is 208 g/mol. The van der Waals surface area contributed by atoms with Crippen LogP contribution in [0.1, 0.15) is 20.8 Å². The molecule has 0 atom stereocenters. The Kier molecular flexibility index (Phi) is 6.77. The molecule has 0 saturated carbocycles. The Balaban J connectivity index is 4.25. The predicted octanol–water partition coefficient (Wildman–Crippen LogP) is 2.77. The number of hydrogen-bond acceptors (Lipinski definition) is 2. The van der Waals surface area contributed by atoms with Gasteiger partial charge in [0.25, 0.3) is 0 Å². The van der Waals surface area contributed by atoms with Gasteiger partial charge in [0, 0.05) is 5.41 Å². The molecular formula is C13H20O2. The van der Waals surface area contributed by atoms with Crippen molar-refractivity contribution in [2.45, 2.75) is 27.1 Å². The maximum atomic E-state index is 5.33. The van der Waals surface area contributed by atoms with Crippen molar-refractivity contribution in [1.29, 1.82) is 0 Å². The largest absolute Gasteiger partial charge is 0.338 e. The Bertz CT molecular complexity index is 238. The second kappa shape index (κ2) is 7.28. The molecule has 0 bridgehead atoms. The highest BCUT2D eigenvalue weighted by Gasteiger charge is 2.07. The molecule has 0 rings (SSSR count). The summed E-state index contributed by atoms with van der Waals surface area (Å²) in [6.45, 7) is 14.1. The summed E-state index contributed by atoms with van der Waals surface area (Å²) in [7, 11) is 0. The molecule has 2 nitrogen and oxygen atoms in total. The Morgan fingerprint density at radius 2 is 1.60 bits per heavy atom. The molecule has 0 aliphatic heterocycles. The lowest BCUT2D eigenvalue weighted by molar-refractivity contribution is -0.0869. The molecule has 0 aromatic rings. The first-order valence-electron chi connectivity index (χ1n) is 4.97. The Morgan fingerprint density at radius 3 is 1.93 bits per heavy atom. The molecule has 0 heterocycles. The van der Waals surface area contributed by atoms with Crippen LogP contribution in [-0.4, -0.2) is 19.5 Å². The number of ether oxygens (including phenoxy) is 2. The van der Waals surface area contributed by atoms with E-state index in [1.165, 1.54) is 0 Å². The van der Waals surface area contributed by atoms with Gasteiger partial charge in [0.05, 0.1) is 13.2 Å². The standard InChI is InChI=1S/C13H20O2/c1-6-10-14-12(15-11-7-2)8-9-13(3,4)5/h6-7,12H,1-2,10-11H2,3-5H3. The lowest BCUT2D eigenvalue weighted by Crippen LogP contribution is -2.16. The van der Waals surface area contributed by atoms with Crippen molar-refractivity contribution >= 4 is 0 Å². The number of rotatable bonds is 6. The second-order valence-corrected chi connectivity index (χ2v) is 4.10. The van der Waals surface area contributed by atoms with Gasteiger partial charge in [-0.25, -0.2) is 0 Å². The highest BCUT2D eigenvalue weighted by Crippen LogP contribution is 2.10. The van der Waals surface area contributed by atoms with E-state index < -0.39 is 6.29 Å². The van der Waals surface area contributed by atoms with Crippen LogP contribution in [0.2, 0.25) is 0 Å². The van der Waals surface area contributed by atoms with Gasteiger partial charge in [-0.2, -0.15) is 0 Å². The quantitative estimate of drug-likeness (QED) is 0.379. The molecule has 84 valence electrons. The van der Waals surface area contributed by atoms with Gasteiger partial charge in [-0.3, -0.25) is 0 Å². The van der Waals surface area contributed by atoms with Crippen LogP contribution >= 0.6 is 0 Å². The Labute approximate surface area is 93.0 Å². The van der Waals surface area contributed by atoms with Gasteiger partial charge in [-0.15, -0.1) is 13.2 Å². The van der Waals surface area contributed by atoms with Gasteiger partial charge in [0.15, 0.2) is 0 Å². The van der Waals surface area contributed by atoms with Crippen LogP contribution in [0, 0.1) is 17.3 Å². The van der Waals surface area contributed by atoms with E-state index in [0.717, 1.165) is 0 Å². The van der Waals surface area contributed by atoms with E-state index in [0.29, 0.717) is 13.2 Å². The van der Waals surface area contributed by atoms with Crippen molar-refractivity contribution in [3.63, 3.8) is 0 Å². The van der Waals surface area contributed by atoms with Gasteiger partial charge in [-0.05, 0) is 26.7 Å². The van der Waals surface area contributed by atoms with Crippen molar-refractivity contribution < 1.29 is 9.47 Å². The van der Waals surface area contributed by atoms with E-state index >= 15 is 0 Å². The molecule has 0 fully saturated rings. The predicted molar refractivity (Wildman–Crippen MR) is 63.3 cm³/mol. The molecule has 0 aliphatic carbocycles. The maximum absolute atomic E-state index is 5.33. The third-order valence-corrected chi connectivity index (χ3v) is 1.30. The second-order valence-electron chi connectivity index (χ2n) is 4.10. The molecule has 0 aliphatic rings. The van der Waals surface area contributed by atoms with Crippen LogP contribution in [0.5, 0.6) is 0 Å². The highest BCUT2D eigenvalue weighted by atomic mass is 16.7. The van der Waals surface area contributed by atoms with Crippen molar-refractivity contribution in [3.05, 3.63) is 25.3 Å². The third-order valence-electron chi connectivity index (χ3n) is 1.30. The van der Waals surface area contributed by atoms with E-state index in [2.05, 4.69) is 25.0 Å². The first-order valence-corrected chi connectivity index (χ1v) is 4.97. The van der Waals surface area contributed by atoms with E-state index in [-0.39, 0.29) is 5.41 Å². The first kappa shape index (κ1) is 14.0. The molecule has 0 N–H and O–H groups in total. The molecule has 15 heavy (non-hydrogen) atoms. The lowest BCUT2D eigenvalue weighted by atomic mass is 9.98. The smallest absolute Gasteiger partial charge is 0.223 e. The van der Waals surface area contributed by atoms with E-state index in [9.17, 15) is 0 Å². The average Bonchev–Trinajstić information content (AvgIpc) is 2.15. The summed E-state index contributed by atoms with van der Waals surface area (Å²) in [6, 6.07) is 0. The topological polar surface area (TPSA) is 18.5 Å². The van der Waals surface area contributed by atoms with Crippen LogP contribution in [0.3, 0.4) is 0 Å². The molecule has 0 aromatic carbocycles. The van der Waals surface area contributed by atoms with Crippen molar-refractivity contribution in [3.8, 4) is 11.8 Å². The first-order chi connectivity index (χ1) is 6.99. The molecule has 0 spiro atoms. The van der Waals surface area contributed by atoms with Gasteiger partial charge < -0.3 is 9.47 Å². The summed E-state index contributed by atoms with van der Waals surface area (Å²) in [6.07, 6.45) is 2.84. The highest BCUT2D eigenvalue weighted by molar-refractivity contribution is 5.09. The summed E-state index contributed by atoms with van der Waals surface area (Å²) in [5, 5.41) is 0. The zero-order valence-electron chi connectivity index (χ0n) is 9.88. The zero-order valence-corrected chi connectivity index (χ0v) is 9.88. The van der Waals surface area contributed by atoms with Crippen LogP contribution in [0.4, 0.5) is 0 Å². The molecule has 0 radical (unpaired) electrons. The van der Waals surface area contributed by atoms with Gasteiger partial charge >= 0.3 is 0 Å².